The molecule has 2 heterocycles. The van der Waals surface area contributed by atoms with Gasteiger partial charge in [-0.25, -0.2) is 9.59 Å². The van der Waals surface area contributed by atoms with E-state index in [2.05, 4.69) is 10.6 Å². The predicted octanol–water partition coefficient (Wildman–Crippen LogP) is 0.605. The molecule has 0 bridgehead atoms. The number of alkyl carbamates (subject to hydrolysis) is 1. The third-order valence-corrected chi connectivity index (χ3v) is 6.32. The summed E-state index contributed by atoms with van der Waals surface area (Å²) in [5.41, 5.74) is -1.32. The maximum Gasteiger partial charge on any atom is 0.409 e. The van der Waals surface area contributed by atoms with Gasteiger partial charge < -0.3 is 19.9 Å². The van der Waals surface area contributed by atoms with Crippen LogP contribution in [0.5, 0.6) is 0 Å². The minimum atomic E-state index is -1.89. The van der Waals surface area contributed by atoms with E-state index in [1.165, 1.54) is 6.92 Å². The molecule has 3 N–H and O–H groups in total. The van der Waals surface area contributed by atoms with Gasteiger partial charge in [-0.05, 0) is 12.5 Å². The molecule has 1 fully saturated rings. The van der Waals surface area contributed by atoms with Crippen LogP contribution in [-0.2, 0) is 35.1 Å². The van der Waals surface area contributed by atoms with Crippen LogP contribution in [0.4, 0.5) is 4.79 Å². The number of ether oxygens (including phenoxy) is 2. The first-order chi connectivity index (χ1) is 15.7. The monoisotopic (exact) mass is 477 g/mol. The van der Waals surface area contributed by atoms with Gasteiger partial charge in [-0.3, -0.25) is 24.6 Å². The number of thioether (sulfide) groups is 1. The fourth-order valence-electron chi connectivity index (χ4n) is 3.55. The van der Waals surface area contributed by atoms with Gasteiger partial charge in [0.2, 0.25) is 11.6 Å². The fraction of sp³-hybridized carbons (Fsp3) is 0.381. The lowest BCUT2D eigenvalue weighted by Crippen LogP contribution is -2.86. The van der Waals surface area contributed by atoms with E-state index in [0.717, 1.165) is 16.7 Å². The molecule has 1 saturated heterocycles. The molecule has 176 valence electrons. The number of nitrogens with zero attached hydrogens (tertiary/aromatic N) is 1. The maximum atomic E-state index is 13.3. The van der Waals surface area contributed by atoms with Crippen LogP contribution in [0.25, 0.3) is 0 Å². The quantitative estimate of drug-likeness (QED) is 0.278. The Hall–Kier alpha value is -3.54. The van der Waals surface area contributed by atoms with Crippen LogP contribution >= 0.6 is 11.8 Å². The van der Waals surface area contributed by atoms with Crippen LogP contribution in [0.2, 0.25) is 0 Å². The van der Waals surface area contributed by atoms with Crippen molar-refractivity contribution in [3.8, 4) is 0 Å². The summed E-state index contributed by atoms with van der Waals surface area (Å²) in [7, 11) is 0. The van der Waals surface area contributed by atoms with E-state index in [9.17, 15) is 29.1 Å². The van der Waals surface area contributed by atoms with Gasteiger partial charge >= 0.3 is 18.0 Å². The smallest absolute Gasteiger partial charge is 0.409 e. The number of carbonyl (C=O) groups is 5. The molecule has 33 heavy (non-hydrogen) atoms. The van der Waals surface area contributed by atoms with E-state index in [1.807, 2.05) is 0 Å². The molecule has 1 aromatic rings. The summed E-state index contributed by atoms with van der Waals surface area (Å²) < 4.78 is 9.81. The lowest BCUT2D eigenvalue weighted by Gasteiger charge is -2.56. The Morgan fingerprint density at radius 2 is 1.88 bits per heavy atom. The number of carboxylic acid groups (broad SMARTS) is 1. The van der Waals surface area contributed by atoms with Crippen molar-refractivity contribution < 1.29 is 38.6 Å². The zero-order valence-electron chi connectivity index (χ0n) is 18.0. The Morgan fingerprint density at radius 1 is 1.18 bits per heavy atom. The largest absolute Gasteiger partial charge is 0.477 e. The summed E-state index contributed by atoms with van der Waals surface area (Å²) in [5, 5.41) is 13.8. The number of nitrogens with one attached hydrogen (secondary N) is 2. The summed E-state index contributed by atoms with van der Waals surface area (Å²) >= 11 is 1.12. The molecule has 3 amide bonds. The molecule has 2 atom stereocenters. The molecule has 0 spiro atoms. The molecule has 2 aliphatic rings. The molecule has 0 aromatic heterocycles. The molecule has 1 aromatic carbocycles. The minimum absolute atomic E-state index is 0.0302. The molecule has 11 nitrogen and oxygen atoms in total. The number of carbonyl (C=O) groups excluding carboxylic acids is 4. The van der Waals surface area contributed by atoms with Gasteiger partial charge in [0, 0.05) is 18.2 Å². The van der Waals surface area contributed by atoms with Gasteiger partial charge in [0.1, 0.15) is 17.7 Å². The summed E-state index contributed by atoms with van der Waals surface area (Å²) in [6, 6.07) is 8.79. The van der Waals surface area contributed by atoms with Crippen molar-refractivity contribution in [3.63, 3.8) is 0 Å². The number of carboxylic acids is 1. The molecule has 2 aliphatic heterocycles. The van der Waals surface area contributed by atoms with Gasteiger partial charge in [0.25, 0.3) is 5.91 Å². The van der Waals surface area contributed by atoms with Gasteiger partial charge in [-0.1, -0.05) is 30.3 Å². The second-order valence-corrected chi connectivity index (χ2v) is 8.31. The first kappa shape index (κ1) is 24.1. The highest BCUT2D eigenvalue weighted by Gasteiger charge is 2.67. The van der Waals surface area contributed by atoms with Crippen LogP contribution in [0.15, 0.2) is 41.6 Å². The Labute approximate surface area is 193 Å². The van der Waals surface area contributed by atoms with Crippen molar-refractivity contribution in [1.82, 2.24) is 15.5 Å². The Morgan fingerprint density at radius 3 is 2.48 bits per heavy atom. The summed E-state index contributed by atoms with van der Waals surface area (Å²) in [6.07, 6.45) is -0.991. The van der Waals surface area contributed by atoms with Gasteiger partial charge in [0.15, 0.2) is 0 Å². The summed E-state index contributed by atoms with van der Waals surface area (Å²) in [4.78, 5) is 62.3. The van der Waals surface area contributed by atoms with E-state index in [1.54, 1.807) is 37.3 Å². The third-order valence-electron chi connectivity index (χ3n) is 4.92. The fourth-order valence-corrected chi connectivity index (χ4v) is 4.95. The molecule has 0 aliphatic carbocycles. The van der Waals surface area contributed by atoms with Crippen LogP contribution in [0, 0.1) is 0 Å². The second kappa shape index (κ2) is 9.94. The van der Waals surface area contributed by atoms with E-state index in [0.29, 0.717) is 5.56 Å². The number of hydrogen-bond donors (Lipinski definition) is 3. The average molecular weight is 477 g/mol. The first-order valence-electron chi connectivity index (χ1n) is 10.0. The Bertz CT molecular complexity index is 1010. The number of esters is 1. The highest BCUT2D eigenvalue weighted by Crippen LogP contribution is 2.45. The number of β-lactam (4-membered cyclic amide) rings is 1. The number of amides is 3. The Kier molecular flexibility index (Phi) is 7.26. The van der Waals surface area contributed by atoms with Crippen LogP contribution in [-0.4, -0.2) is 69.9 Å². The highest BCUT2D eigenvalue weighted by atomic mass is 32.2. The van der Waals surface area contributed by atoms with Crippen LogP contribution in [0.3, 0.4) is 0 Å². The van der Waals surface area contributed by atoms with Crippen LogP contribution in [0.1, 0.15) is 19.4 Å². The van der Waals surface area contributed by atoms with Gasteiger partial charge in [0.05, 0.1) is 13.0 Å². The number of aliphatic carboxylic acids is 1. The summed E-state index contributed by atoms with van der Waals surface area (Å²) in [6.45, 7) is 2.50. The van der Waals surface area contributed by atoms with Crippen molar-refractivity contribution in [3.05, 3.63) is 47.2 Å². The number of hydrogen-bond acceptors (Lipinski definition) is 8. The van der Waals surface area contributed by atoms with Crippen molar-refractivity contribution in [1.29, 1.82) is 0 Å². The van der Waals surface area contributed by atoms with E-state index < -0.39 is 40.9 Å². The molecule has 12 heteroatoms. The van der Waals surface area contributed by atoms with Crippen molar-refractivity contribution in [2.75, 3.05) is 19.0 Å². The zero-order valence-corrected chi connectivity index (χ0v) is 18.8. The first-order valence-corrected chi connectivity index (χ1v) is 11.1. The third kappa shape index (κ3) is 4.95. The summed E-state index contributed by atoms with van der Waals surface area (Å²) in [5.74, 6) is -3.27. The minimum Gasteiger partial charge on any atom is -0.477 e. The number of benzene rings is 1. The molecule has 1 unspecified atom stereocenters. The normalized spacial score (nSPS) is 21.5. The molecular weight excluding hydrogens is 454 g/mol. The van der Waals surface area contributed by atoms with Gasteiger partial charge in [-0.15, -0.1) is 11.8 Å². The molecule has 3 rings (SSSR count). The highest BCUT2D eigenvalue weighted by molar-refractivity contribution is 8.00. The van der Waals surface area contributed by atoms with E-state index >= 15 is 0 Å². The lowest BCUT2D eigenvalue weighted by molar-refractivity contribution is -0.161. The Balaban J connectivity index is 1.89. The topological polar surface area (TPSA) is 151 Å². The molecular formula is C21H23N3O8S. The number of fused-ring (bicyclic) bond motifs is 1. The van der Waals surface area contributed by atoms with Gasteiger partial charge in [-0.2, -0.15) is 0 Å². The predicted molar refractivity (Wildman–Crippen MR) is 116 cm³/mol. The van der Waals surface area contributed by atoms with Crippen LogP contribution < -0.4 is 10.6 Å². The molecule has 0 saturated carbocycles. The van der Waals surface area contributed by atoms with Crippen molar-refractivity contribution in [2.45, 2.75) is 31.3 Å². The van der Waals surface area contributed by atoms with E-state index in [4.69, 9.17) is 9.47 Å². The maximum absolute atomic E-state index is 13.3. The standard InChI is InChI=1S/C21H23N3O8S/c1-3-31-20(30)23-21(22-15(26)9-13-7-5-4-6-8-13)18(29)24-16(17(27)28)14(10-32-12(2)25)11-33-19(21)24/h4-8,19H,3,9-11H2,1-2H3,(H,22,26)(H,23,30)(H,27,28)/t19-,21?/m1/s1. The zero-order chi connectivity index (χ0) is 24.2. The second-order valence-electron chi connectivity index (χ2n) is 7.24. The molecule has 0 radical (unpaired) electrons. The lowest BCUT2D eigenvalue weighted by atomic mass is 9.94. The number of rotatable bonds is 8. The van der Waals surface area contributed by atoms with Crippen molar-refractivity contribution in [2.24, 2.45) is 0 Å². The van der Waals surface area contributed by atoms with Crippen molar-refractivity contribution >= 4 is 41.6 Å². The SMILES string of the molecule is CCOC(=O)NC1(NC(=O)Cc2ccccc2)C(=O)N2C(C(=O)O)=C(COC(C)=O)CS[C@@H]21. The van der Waals surface area contributed by atoms with E-state index in [-0.39, 0.29) is 36.7 Å². The average Bonchev–Trinajstić information content (AvgIpc) is 2.76.